The van der Waals surface area contributed by atoms with Gasteiger partial charge >= 0.3 is 5.97 Å². The molecule has 0 heterocycles. The smallest absolute Gasteiger partial charge is 0.318 e. The number of aryl methyl sites for hydroxylation is 1. The van der Waals surface area contributed by atoms with Gasteiger partial charge in [0.15, 0.2) is 0 Å². The zero-order chi connectivity index (χ0) is 14.5. The highest BCUT2D eigenvalue weighted by atomic mass is 16.4. The van der Waals surface area contributed by atoms with E-state index in [1.54, 1.807) is 12.1 Å². The lowest BCUT2D eigenvalue weighted by molar-refractivity contribution is -0.151. The first kappa shape index (κ1) is 15.2. The third kappa shape index (κ3) is 4.09. The van der Waals surface area contributed by atoms with Gasteiger partial charge in [-0.3, -0.25) is 9.59 Å². The number of carboxylic acids is 1. The van der Waals surface area contributed by atoms with Crippen LogP contribution in [0, 0.1) is 5.41 Å². The molecule has 0 fully saturated rings. The van der Waals surface area contributed by atoms with Gasteiger partial charge in [0.05, 0.1) is 0 Å². The summed E-state index contributed by atoms with van der Waals surface area (Å²) in [5, 5.41) is 11.6. The number of hydrogen-bond acceptors (Lipinski definition) is 2. The molecule has 1 aromatic rings. The van der Waals surface area contributed by atoms with Crippen LogP contribution in [0.5, 0.6) is 0 Å². The fraction of sp³-hybridized carbons (Fsp3) is 0.467. The number of amides is 1. The van der Waals surface area contributed by atoms with Crippen molar-refractivity contribution in [2.75, 3.05) is 5.32 Å². The summed E-state index contributed by atoms with van der Waals surface area (Å²) in [7, 11) is 0. The largest absolute Gasteiger partial charge is 0.480 e. The van der Waals surface area contributed by atoms with Crippen molar-refractivity contribution in [1.82, 2.24) is 0 Å². The van der Waals surface area contributed by atoms with Gasteiger partial charge in [0, 0.05) is 5.69 Å². The Morgan fingerprint density at radius 2 is 1.79 bits per heavy atom. The van der Waals surface area contributed by atoms with Crippen molar-refractivity contribution >= 4 is 17.6 Å². The number of hydrogen-bond donors (Lipinski definition) is 2. The molecule has 0 saturated carbocycles. The summed E-state index contributed by atoms with van der Waals surface area (Å²) in [5.41, 5.74) is 0.415. The molecular weight excluding hydrogens is 242 g/mol. The maximum absolute atomic E-state index is 11.8. The highest BCUT2D eigenvalue weighted by molar-refractivity contribution is 6.07. The number of benzene rings is 1. The van der Waals surface area contributed by atoms with Gasteiger partial charge in [0.25, 0.3) is 0 Å². The van der Waals surface area contributed by atoms with Crippen LogP contribution in [0.2, 0.25) is 0 Å². The van der Waals surface area contributed by atoms with Crippen LogP contribution in [0.4, 0.5) is 5.69 Å². The topological polar surface area (TPSA) is 66.4 Å². The molecule has 4 nitrogen and oxygen atoms in total. The Kier molecular flexibility index (Phi) is 5.10. The maximum Gasteiger partial charge on any atom is 0.318 e. The Labute approximate surface area is 113 Å². The molecule has 0 spiro atoms. The van der Waals surface area contributed by atoms with Gasteiger partial charge in [-0.15, -0.1) is 0 Å². The Morgan fingerprint density at radius 3 is 2.26 bits per heavy atom. The van der Waals surface area contributed by atoms with Crippen molar-refractivity contribution in [1.29, 1.82) is 0 Å². The summed E-state index contributed by atoms with van der Waals surface area (Å²) in [5.74, 6) is -1.65. The van der Waals surface area contributed by atoms with E-state index in [4.69, 9.17) is 5.11 Å². The van der Waals surface area contributed by atoms with Crippen molar-refractivity contribution in [2.45, 2.75) is 40.0 Å². The molecule has 1 aromatic carbocycles. The van der Waals surface area contributed by atoms with Crippen LogP contribution in [0.15, 0.2) is 24.3 Å². The average Bonchev–Trinajstić information content (AvgIpc) is 2.37. The molecule has 4 heteroatoms. The molecule has 0 radical (unpaired) electrons. The number of carbonyl (C=O) groups is 2. The van der Waals surface area contributed by atoms with Gasteiger partial charge in [0.1, 0.15) is 5.41 Å². The lowest BCUT2D eigenvalue weighted by Gasteiger charge is -2.18. The number of aliphatic carboxylic acids is 1. The third-order valence-electron chi connectivity index (χ3n) is 3.13. The Hall–Kier alpha value is -1.84. The summed E-state index contributed by atoms with van der Waals surface area (Å²) < 4.78 is 0. The molecular formula is C15H21NO3. The van der Waals surface area contributed by atoms with Crippen molar-refractivity contribution in [3.8, 4) is 0 Å². The van der Waals surface area contributed by atoms with E-state index in [9.17, 15) is 9.59 Å². The van der Waals surface area contributed by atoms with Crippen molar-refractivity contribution in [2.24, 2.45) is 5.41 Å². The first-order valence-corrected chi connectivity index (χ1v) is 6.51. The van der Waals surface area contributed by atoms with Crippen LogP contribution in [0.25, 0.3) is 0 Å². The van der Waals surface area contributed by atoms with Crippen molar-refractivity contribution in [3.05, 3.63) is 29.8 Å². The molecule has 0 saturated heterocycles. The van der Waals surface area contributed by atoms with Gasteiger partial charge in [-0.05, 0) is 44.4 Å². The molecule has 0 atom stereocenters. The Morgan fingerprint density at radius 1 is 1.21 bits per heavy atom. The van der Waals surface area contributed by atoms with E-state index in [2.05, 4.69) is 12.2 Å². The molecule has 0 aliphatic carbocycles. The predicted octanol–water partition coefficient (Wildman–Crippen LogP) is 3.08. The molecule has 1 amide bonds. The van der Waals surface area contributed by atoms with E-state index in [-0.39, 0.29) is 0 Å². The fourth-order valence-corrected chi connectivity index (χ4v) is 1.52. The van der Waals surface area contributed by atoms with E-state index in [1.165, 1.54) is 19.4 Å². The Bertz CT molecular complexity index is 449. The number of carbonyl (C=O) groups excluding carboxylic acids is 1. The molecule has 0 aromatic heterocycles. The number of anilines is 1. The van der Waals surface area contributed by atoms with Crippen molar-refractivity contribution < 1.29 is 14.7 Å². The van der Waals surface area contributed by atoms with E-state index in [1.807, 2.05) is 12.1 Å². The molecule has 1 rings (SSSR count). The molecule has 19 heavy (non-hydrogen) atoms. The molecule has 0 aliphatic heterocycles. The van der Waals surface area contributed by atoms with E-state index >= 15 is 0 Å². The van der Waals surface area contributed by atoms with Gasteiger partial charge in [-0.25, -0.2) is 0 Å². The second-order valence-electron chi connectivity index (χ2n) is 5.18. The van der Waals surface area contributed by atoms with E-state index < -0.39 is 17.3 Å². The summed E-state index contributed by atoms with van der Waals surface area (Å²) in [6.07, 6.45) is 3.30. The number of nitrogens with one attached hydrogen (secondary N) is 1. The van der Waals surface area contributed by atoms with Gasteiger partial charge in [-0.2, -0.15) is 0 Å². The molecule has 104 valence electrons. The van der Waals surface area contributed by atoms with Gasteiger partial charge in [-0.1, -0.05) is 25.5 Å². The molecule has 0 bridgehead atoms. The number of carboxylic acid groups (broad SMARTS) is 1. The SMILES string of the molecule is CCCCc1ccc(NC(=O)C(C)(C)C(=O)O)cc1. The second kappa shape index (κ2) is 6.36. The fourth-order valence-electron chi connectivity index (χ4n) is 1.52. The molecule has 0 aliphatic rings. The van der Waals surface area contributed by atoms with Crippen molar-refractivity contribution in [3.63, 3.8) is 0 Å². The van der Waals surface area contributed by atoms with Crippen LogP contribution < -0.4 is 5.32 Å². The molecule has 2 N–H and O–H groups in total. The minimum atomic E-state index is -1.43. The second-order valence-corrected chi connectivity index (χ2v) is 5.18. The van der Waals surface area contributed by atoms with Gasteiger partial charge in [0.2, 0.25) is 5.91 Å². The average molecular weight is 263 g/mol. The molecule has 0 unspecified atom stereocenters. The number of unbranched alkanes of at least 4 members (excludes halogenated alkanes) is 1. The lowest BCUT2D eigenvalue weighted by atomic mass is 9.92. The summed E-state index contributed by atoms with van der Waals surface area (Å²) in [6.45, 7) is 4.92. The quantitative estimate of drug-likeness (QED) is 0.775. The zero-order valence-electron chi connectivity index (χ0n) is 11.7. The van der Waals surface area contributed by atoms with Crippen LogP contribution in [0.1, 0.15) is 39.2 Å². The zero-order valence-corrected chi connectivity index (χ0v) is 11.7. The van der Waals surface area contributed by atoms with Crippen LogP contribution in [-0.2, 0) is 16.0 Å². The highest BCUT2D eigenvalue weighted by Gasteiger charge is 2.35. The Balaban J connectivity index is 2.68. The highest BCUT2D eigenvalue weighted by Crippen LogP contribution is 2.19. The summed E-state index contributed by atoms with van der Waals surface area (Å²) in [6, 6.07) is 7.53. The summed E-state index contributed by atoms with van der Waals surface area (Å²) >= 11 is 0. The third-order valence-corrected chi connectivity index (χ3v) is 3.13. The monoisotopic (exact) mass is 263 g/mol. The first-order valence-electron chi connectivity index (χ1n) is 6.51. The van der Waals surface area contributed by atoms with Gasteiger partial charge < -0.3 is 10.4 Å². The van der Waals surface area contributed by atoms with E-state index in [0.717, 1.165) is 19.3 Å². The van der Waals surface area contributed by atoms with E-state index in [0.29, 0.717) is 5.69 Å². The first-order chi connectivity index (χ1) is 8.87. The standard InChI is InChI=1S/C15H21NO3/c1-4-5-6-11-7-9-12(10-8-11)16-13(17)15(2,3)14(18)19/h7-10H,4-6H2,1-3H3,(H,16,17)(H,18,19). The summed E-state index contributed by atoms with van der Waals surface area (Å²) in [4.78, 5) is 22.8. The predicted molar refractivity (Wildman–Crippen MR) is 75.1 cm³/mol. The normalized spacial score (nSPS) is 11.1. The van der Waals surface area contributed by atoms with Crippen LogP contribution in [-0.4, -0.2) is 17.0 Å². The number of rotatable bonds is 6. The minimum Gasteiger partial charge on any atom is -0.480 e. The van der Waals surface area contributed by atoms with Crippen LogP contribution >= 0.6 is 0 Å². The maximum atomic E-state index is 11.8. The van der Waals surface area contributed by atoms with Crippen LogP contribution in [0.3, 0.4) is 0 Å². The lowest BCUT2D eigenvalue weighted by Crippen LogP contribution is -2.37. The minimum absolute atomic E-state index is 0.513.